The van der Waals surface area contributed by atoms with E-state index in [-0.39, 0.29) is 18.6 Å². The number of aliphatic carboxylic acids is 2. The Morgan fingerprint density at radius 2 is 2.13 bits per heavy atom. The van der Waals surface area contributed by atoms with E-state index in [2.05, 4.69) is 5.16 Å². The van der Waals surface area contributed by atoms with Crippen molar-refractivity contribution in [2.75, 3.05) is 0 Å². The Morgan fingerprint density at radius 3 is 2.67 bits per heavy atom. The lowest BCUT2D eigenvalue weighted by atomic mass is 9.95. The summed E-state index contributed by atoms with van der Waals surface area (Å²) >= 11 is 0. The van der Waals surface area contributed by atoms with Gasteiger partial charge in [0.05, 0.1) is 5.92 Å². The fourth-order valence-corrected chi connectivity index (χ4v) is 2.06. The summed E-state index contributed by atoms with van der Waals surface area (Å²) in [4.78, 5) is 26.4. The van der Waals surface area contributed by atoms with Crippen LogP contribution in [0.4, 0.5) is 0 Å². The topological polar surface area (TPSA) is 122 Å². The van der Waals surface area contributed by atoms with Gasteiger partial charge in [-0.25, -0.2) is 4.79 Å². The maximum atomic E-state index is 10.9. The Labute approximate surface area is 84.5 Å². The van der Waals surface area contributed by atoms with Crippen LogP contribution >= 0.6 is 0 Å². The molecule has 0 aromatic carbocycles. The van der Waals surface area contributed by atoms with Crippen molar-refractivity contribution in [2.24, 2.45) is 16.8 Å². The van der Waals surface area contributed by atoms with E-state index in [0.717, 1.165) is 0 Å². The average Bonchev–Trinajstić information content (AvgIpc) is 2.60. The van der Waals surface area contributed by atoms with Crippen LogP contribution in [0.3, 0.4) is 0 Å². The first-order valence-electron chi connectivity index (χ1n) is 4.43. The second-order valence-corrected chi connectivity index (χ2v) is 3.90. The minimum atomic E-state index is -1.40. The fourth-order valence-electron chi connectivity index (χ4n) is 2.06. The second kappa shape index (κ2) is 2.93. The van der Waals surface area contributed by atoms with Crippen molar-refractivity contribution < 1.29 is 24.6 Å². The van der Waals surface area contributed by atoms with Crippen LogP contribution in [-0.4, -0.2) is 39.5 Å². The van der Waals surface area contributed by atoms with Crippen LogP contribution < -0.4 is 5.73 Å². The van der Waals surface area contributed by atoms with Gasteiger partial charge in [-0.15, -0.1) is 0 Å². The van der Waals surface area contributed by atoms with E-state index in [1.165, 1.54) is 0 Å². The van der Waals surface area contributed by atoms with Crippen LogP contribution in [0.15, 0.2) is 5.16 Å². The molecule has 0 amide bonds. The Bertz CT molecular complexity index is 366. The van der Waals surface area contributed by atoms with Crippen molar-refractivity contribution in [2.45, 2.75) is 24.5 Å². The van der Waals surface area contributed by atoms with Crippen molar-refractivity contribution >= 4 is 17.7 Å². The molecule has 0 bridgehead atoms. The third-order valence-electron chi connectivity index (χ3n) is 2.88. The standard InChI is InChI=1S/C8H10N2O5/c9-8(7(13)14)1-3-4(2-8)15-10-5(3)6(11)12/h3-4H,1-2,9H2,(H,11,12)(H,13,14)/t3-,4+,8-/m1/s1. The minimum absolute atomic E-state index is 0.0537. The molecular weight excluding hydrogens is 204 g/mol. The number of carboxylic acids is 2. The highest BCUT2D eigenvalue weighted by Gasteiger charge is 2.54. The van der Waals surface area contributed by atoms with Crippen LogP contribution in [-0.2, 0) is 14.4 Å². The summed E-state index contributed by atoms with van der Waals surface area (Å²) in [5.74, 6) is -2.83. The molecule has 4 N–H and O–H groups in total. The molecule has 2 aliphatic rings. The normalized spacial score (nSPS) is 38.1. The number of hydrogen-bond donors (Lipinski definition) is 3. The van der Waals surface area contributed by atoms with E-state index in [4.69, 9.17) is 20.8 Å². The maximum Gasteiger partial charge on any atom is 0.354 e. The summed E-state index contributed by atoms with van der Waals surface area (Å²) in [6.07, 6.45) is -0.372. The first kappa shape index (κ1) is 9.91. The SMILES string of the molecule is N[C@@]1(C(=O)O)C[C@@H]2ON=C(C(=O)O)[C@@H]2C1. The third-order valence-corrected chi connectivity index (χ3v) is 2.88. The molecule has 3 atom stereocenters. The smallest absolute Gasteiger partial charge is 0.354 e. The third kappa shape index (κ3) is 1.35. The maximum absolute atomic E-state index is 10.9. The van der Waals surface area contributed by atoms with Gasteiger partial charge in [-0.05, 0) is 6.42 Å². The van der Waals surface area contributed by atoms with E-state index < -0.39 is 29.5 Å². The van der Waals surface area contributed by atoms with Gasteiger partial charge in [0.2, 0.25) is 0 Å². The van der Waals surface area contributed by atoms with Gasteiger partial charge in [-0.3, -0.25) is 4.79 Å². The summed E-state index contributed by atoms with van der Waals surface area (Å²) in [6.45, 7) is 0. The zero-order chi connectivity index (χ0) is 11.2. The summed E-state index contributed by atoms with van der Waals surface area (Å²) in [6, 6.07) is 0. The van der Waals surface area contributed by atoms with Crippen molar-refractivity contribution in [1.82, 2.24) is 0 Å². The summed E-state index contributed by atoms with van der Waals surface area (Å²) in [5.41, 5.74) is 4.10. The zero-order valence-electron chi connectivity index (χ0n) is 7.71. The first-order chi connectivity index (χ1) is 6.94. The van der Waals surface area contributed by atoms with Gasteiger partial charge in [-0.2, -0.15) is 0 Å². The van der Waals surface area contributed by atoms with E-state index in [9.17, 15) is 9.59 Å². The molecule has 0 radical (unpaired) electrons. The van der Waals surface area contributed by atoms with Gasteiger partial charge < -0.3 is 20.8 Å². The molecule has 7 nitrogen and oxygen atoms in total. The predicted molar refractivity (Wildman–Crippen MR) is 47.2 cm³/mol. The van der Waals surface area contributed by atoms with Gasteiger partial charge in [0.15, 0.2) is 5.71 Å². The predicted octanol–water partition coefficient (Wildman–Crippen LogP) is -0.982. The molecule has 0 aromatic rings. The van der Waals surface area contributed by atoms with Gasteiger partial charge in [0.1, 0.15) is 11.6 Å². The molecule has 1 fully saturated rings. The Hall–Kier alpha value is -1.63. The average molecular weight is 214 g/mol. The van der Waals surface area contributed by atoms with Crippen molar-refractivity contribution in [3.8, 4) is 0 Å². The second-order valence-electron chi connectivity index (χ2n) is 3.90. The largest absolute Gasteiger partial charge is 0.480 e. The van der Waals surface area contributed by atoms with Crippen LogP contribution in [0.5, 0.6) is 0 Å². The molecule has 0 saturated heterocycles. The highest BCUT2D eigenvalue weighted by molar-refractivity contribution is 6.37. The van der Waals surface area contributed by atoms with Crippen molar-refractivity contribution in [3.05, 3.63) is 0 Å². The summed E-state index contributed by atoms with van der Waals surface area (Å²) < 4.78 is 0. The number of rotatable bonds is 2. The van der Waals surface area contributed by atoms with Gasteiger partial charge in [0.25, 0.3) is 0 Å². The van der Waals surface area contributed by atoms with Gasteiger partial charge >= 0.3 is 11.9 Å². The number of nitrogens with zero attached hydrogens (tertiary/aromatic N) is 1. The molecule has 7 heteroatoms. The Morgan fingerprint density at radius 1 is 1.47 bits per heavy atom. The van der Waals surface area contributed by atoms with Crippen LogP contribution in [0, 0.1) is 5.92 Å². The van der Waals surface area contributed by atoms with E-state index in [1.807, 2.05) is 0 Å². The molecule has 1 aliphatic heterocycles. The Kier molecular flexibility index (Phi) is 1.93. The molecular formula is C8H10N2O5. The molecule has 1 aliphatic carbocycles. The molecule has 1 heterocycles. The summed E-state index contributed by atoms with van der Waals surface area (Å²) in [5, 5.41) is 21.1. The number of carbonyl (C=O) groups is 2. The molecule has 1 saturated carbocycles. The molecule has 0 aromatic heterocycles. The lowest BCUT2D eigenvalue weighted by Crippen LogP contribution is -2.46. The van der Waals surface area contributed by atoms with Crippen molar-refractivity contribution in [1.29, 1.82) is 0 Å². The monoisotopic (exact) mass is 214 g/mol. The van der Waals surface area contributed by atoms with E-state index >= 15 is 0 Å². The van der Waals surface area contributed by atoms with Crippen molar-refractivity contribution in [3.63, 3.8) is 0 Å². The summed E-state index contributed by atoms with van der Waals surface area (Å²) in [7, 11) is 0. The lowest BCUT2D eigenvalue weighted by Gasteiger charge is -2.17. The highest BCUT2D eigenvalue weighted by atomic mass is 16.6. The zero-order valence-corrected chi connectivity index (χ0v) is 7.71. The molecule has 2 rings (SSSR count). The Balaban J connectivity index is 2.21. The number of fused-ring (bicyclic) bond motifs is 1. The lowest BCUT2D eigenvalue weighted by molar-refractivity contribution is -0.143. The highest BCUT2D eigenvalue weighted by Crippen LogP contribution is 2.39. The quantitative estimate of drug-likeness (QED) is 0.542. The number of oxime groups is 1. The minimum Gasteiger partial charge on any atom is -0.480 e. The van der Waals surface area contributed by atoms with Gasteiger partial charge in [0, 0.05) is 6.42 Å². The van der Waals surface area contributed by atoms with Crippen LogP contribution in [0.2, 0.25) is 0 Å². The molecule has 82 valence electrons. The molecule has 0 unspecified atom stereocenters. The number of hydrogen-bond acceptors (Lipinski definition) is 5. The fraction of sp³-hybridized carbons (Fsp3) is 0.625. The van der Waals surface area contributed by atoms with Crippen LogP contribution in [0.25, 0.3) is 0 Å². The van der Waals surface area contributed by atoms with E-state index in [1.54, 1.807) is 0 Å². The van der Waals surface area contributed by atoms with Gasteiger partial charge in [-0.1, -0.05) is 5.16 Å². The molecule has 0 spiro atoms. The number of nitrogens with two attached hydrogens (primary N) is 1. The number of carboxylic acid groups (broad SMARTS) is 2. The van der Waals surface area contributed by atoms with Crippen LogP contribution in [0.1, 0.15) is 12.8 Å². The molecule has 15 heavy (non-hydrogen) atoms. The van der Waals surface area contributed by atoms with E-state index in [0.29, 0.717) is 0 Å². The first-order valence-corrected chi connectivity index (χ1v) is 4.43.